The van der Waals surface area contributed by atoms with Crippen LogP contribution in [-0.4, -0.2) is 10.2 Å². The number of nitrogens with zero attached hydrogens (tertiary/aromatic N) is 2. The van der Waals surface area contributed by atoms with E-state index in [0.29, 0.717) is 0 Å². The first-order valence-corrected chi connectivity index (χ1v) is 6.53. The summed E-state index contributed by atoms with van der Waals surface area (Å²) < 4.78 is 0.804. The van der Waals surface area contributed by atoms with Gasteiger partial charge in [0, 0.05) is 4.88 Å². The third-order valence-corrected chi connectivity index (χ3v) is 4.05. The van der Waals surface area contributed by atoms with E-state index >= 15 is 0 Å². The minimum atomic E-state index is 0.287. The maximum absolute atomic E-state index is 3.98. The summed E-state index contributed by atoms with van der Waals surface area (Å²) in [6.45, 7) is 2.11. The second-order valence-electron chi connectivity index (χ2n) is 2.74. The van der Waals surface area contributed by atoms with Crippen LogP contribution in [0.25, 0.3) is 0 Å². The molecular formula is C8H8BrN3S2. The zero-order chi connectivity index (χ0) is 9.97. The molecule has 0 bridgehead atoms. The van der Waals surface area contributed by atoms with Crippen LogP contribution in [-0.2, 0) is 0 Å². The number of nitrogens with one attached hydrogen (secondary N) is 1. The molecule has 14 heavy (non-hydrogen) atoms. The third kappa shape index (κ3) is 2.31. The van der Waals surface area contributed by atoms with Crippen LogP contribution in [0.1, 0.15) is 17.8 Å². The number of hydrogen-bond acceptors (Lipinski definition) is 5. The highest BCUT2D eigenvalue weighted by Gasteiger charge is 2.08. The summed E-state index contributed by atoms with van der Waals surface area (Å²) in [5.74, 6) is 0. The smallest absolute Gasteiger partial charge is 0.206 e. The zero-order valence-corrected chi connectivity index (χ0v) is 10.6. The summed E-state index contributed by atoms with van der Waals surface area (Å²) in [7, 11) is 0. The summed E-state index contributed by atoms with van der Waals surface area (Å²) in [6.07, 6.45) is 0. The van der Waals surface area contributed by atoms with E-state index in [-0.39, 0.29) is 6.04 Å². The highest BCUT2D eigenvalue weighted by Crippen LogP contribution is 2.26. The van der Waals surface area contributed by atoms with Gasteiger partial charge in [-0.1, -0.05) is 17.4 Å². The van der Waals surface area contributed by atoms with Gasteiger partial charge in [0.1, 0.15) is 0 Å². The fourth-order valence-corrected chi connectivity index (χ4v) is 2.89. The molecule has 2 aromatic rings. The van der Waals surface area contributed by atoms with Crippen LogP contribution in [0.3, 0.4) is 0 Å². The van der Waals surface area contributed by atoms with Gasteiger partial charge in [-0.25, -0.2) is 0 Å². The van der Waals surface area contributed by atoms with Crippen molar-refractivity contribution in [3.05, 3.63) is 26.3 Å². The second-order valence-corrected chi connectivity index (χ2v) is 5.97. The Morgan fingerprint density at radius 1 is 1.50 bits per heavy atom. The Balaban J connectivity index is 2.05. The van der Waals surface area contributed by atoms with Crippen molar-refractivity contribution in [2.45, 2.75) is 13.0 Å². The van der Waals surface area contributed by atoms with Gasteiger partial charge < -0.3 is 5.32 Å². The number of hydrogen-bond donors (Lipinski definition) is 1. The largest absolute Gasteiger partial charge is 0.353 e. The molecule has 6 heteroatoms. The van der Waals surface area contributed by atoms with Crippen LogP contribution in [0.5, 0.6) is 0 Å². The molecule has 0 aliphatic heterocycles. The fourth-order valence-electron chi connectivity index (χ4n) is 1.06. The second kappa shape index (κ2) is 4.37. The van der Waals surface area contributed by atoms with E-state index in [1.807, 2.05) is 6.07 Å². The topological polar surface area (TPSA) is 37.8 Å². The summed E-state index contributed by atoms with van der Waals surface area (Å²) in [5, 5.41) is 14.1. The van der Waals surface area contributed by atoms with E-state index < -0.39 is 0 Å². The Bertz CT molecular complexity index is 398. The molecule has 0 fully saturated rings. The summed E-state index contributed by atoms with van der Waals surface area (Å²) >= 11 is 6.52. The molecule has 0 saturated heterocycles. The van der Waals surface area contributed by atoms with Crippen LogP contribution in [0.4, 0.5) is 5.13 Å². The lowest BCUT2D eigenvalue weighted by Gasteiger charge is -2.09. The van der Waals surface area contributed by atoms with Crippen molar-refractivity contribution in [1.82, 2.24) is 10.2 Å². The quantitative estimate of drug-likeness (QED) is 0.939. The van der Waals surface area contributed by atoms with Crippen molar-refractivity contribution in [3.63, 3.8) is 0 Å². The van der Waals surface area contributed by atoms with Gasteiger partial charge in [0.25, 0.3) is 0 Å². The molecule has 2 heterocycles. The van der Waals surface area contributed by atoms with Crippen molar-refractivity contribution < 1.29 is 0 Å². The number of aromatic nitrogens is 2. The average Bonchev–Trinajstić information content (AvgIpc) is 2.75. The first-order valence-electron chi connectivity index (χ1n) is 4.04. The molecule has 0 aliphatic carbocycles. The van der Waals surface area contributed by atoms with Gasteiger partial charge in [-0.05, 0) is 34.3 Å². The minimum absolute atomic E-state index is 0.287. The number of anilines is 1. The van der Waals surface area contributed by atoms with Crippen LogP contribution < -0.4 is 5.32 Å². The van der Waals surface area contributed by atoms with Gasteiger partial charge in [0.2, 0.25) is 5.13 Å². The minimum Gasteiger partial charge on any atom is -0.353 e. The van der Waals surface area contributed by atoms with E-state index in [2.05, 4.69) is 49.8 Å². The molecule has 0 aromatic carbocycles. The number of halogens is 1. The maximum Gasteiger partial charge on any atom is 0.206 e. The molecule has 0 spiro atoms. The lowest BCUT2D eigenvalue weighted by atomic mass is 10.3. The van der Waals surface area contributed by atoms with Gasteiger partial charge in [-0.2, -0.15) is 0 Å². The van der Waals surface area contributed by atoms with Crippen molar-refractivity contribution in [3.8, 4) is 0 Å². The Morgan fingerprint density at radius 3 is 2.93 bits per heavy atom. The monoisotopic (exact) mass is 289 g/mol. The lowest BCUT2D eigenvalue weighted by Crippen LogP contribution is -2.04. The standard InChI is InChI=1S/C8H8BrN3S2/c1-5(6-3-2-4-13-6)10-8-12-11-7(9)14-8/h2-5H,1H3,(H,10,12)/t5-/m1/s1. The number of rotatable bonds is 3. The van der Waals surface area contributed by atoms with Gasteiger partial charge in [-0.15, -0.1) is 21.5 Å². The maximum atomic E-state index is 3.98. The highest BCUT2D eigenvalue weighted by molar-refractivity contribution is 9.11. The van der Waals surface area contributed by atoms with E-state index in [1.54, 1.807) is 11.3 Å². The molecule has 2 aromatic heterocycles. The highest BCUT2D eigenvalue weighted by atomic mass is 79.9. The normalized spacial score (nSPS) is 12.7. The molecular weight excluding hydrogens is 282 g/mol. The summed E-state index contributed by atoms with van der Waals surface area (Å²) in [6, 6.07) is 4.45. The molecule has 0 aliphatic rings. The van der Waals surface area contributed by atoms with Crippen LogP contribution >= 0.6 is 38.6 Å². The molecule has 3 nitrogen and oxygen atoms in total. The lowest BCUT2D eigenvalue weighted by molar-refractivity contribution is 0.893. The van der Waals surface area contributed by atoms with E-state index in [9.17, 15) is 0 Å². The predicted octanol–water partition coefficient (Wildman–Crippen LogP) is 3.54. The Labute approximate surface area is 98.3 Å². The van der Waals surface area contributed by atoms with Crippen LogP contribution in [0.2, 0.25) is 0 Å². The van der Waals surface area contributed by atoms with E-state index in [1.165, 1.54) is 16.2 Å². The molecule has 0 amide bonds. The molecule has 0 radical (unpaired) electrons. The molecule has 2 rings (SSSR count). The van der Waals surface area contributed by atoms with E-state index in [4.69, 9.17) is 0 Å². The van der Waals surface area contributed by atoms with Crippen molar-refractivity contribution in [1.29, 1.82) is 0 Å². The Hall–Kier alpha value is -0.460. The third-order valence-electron chi connectivity index (χ3n) is 1.71. The molecule has 74 valence electrons. The zero-order valence-electron chi connectivity index (χ0n) is 7.40. The first kappa shape index (κ1) is 10.1. The van der Waals surface area contributed by atoms with Crippen molar-refractivity contribution >= 4 is 43.7 Å². The Morgan fingerprint density at radius 2 is 2.36 bits per heavy atom. The van der Waals surface area contributed by atoms with Gasteiger partial charge >= 0.3 is 0 Å². The van der Waals surface area contributed by atoms with Gasteiger partial charge in [0.15, 0.2) is 3.92 Å². The fraction of sp³-hybridized carbons (Fsp3) is 0.250. The SMILES string of the molecule is C[C@@H](Nc1nnc(Br)s1)c1cccs1. The predicted molar refractivity (Wildman–Crippen MR) is 64.0 cm³/mol. The number of thiophene rings is 1. The van der Waals surface area contributed by atoms with Crippen LogP contribution in [0, 0.1) is 0 Å². The van der Waals surface area contributed by atoms with E-state index in [0.717, 1.165) is 9.05 Å². The van der Waals surface area contributed by atoms with Crippen molar-refractivity contribution in [2.75, 3.05) is 5.32 Å². The average molecular weight is 290 g/mol. The first-order chi connectivity index (χ1) is 6.75. The van der Waals surface area contributed by atoms with Gasteiger partial charge in [-0.3, -0.25) is 0 Å². The van der Waals surface area contributed by atoms with Crippen molar-refractivity contribution in [2.24, 2.45) is 0 Å². The summed E-state index contributed by atoms with van der Waals surface area (Å²) in [4.78, 5) is 1.30. The molecule has 0 unspecified atom stereocenters. The Kier molecular flexibility index (Phi) is 3.15. The summed E-state index contributed by atoms with van der Waals surface area (Å²) in [5.41, 5.74) is 0. The molecule has 1 atom stereocenters. The molecule has 0 saturated carbocycles. The molecule has 1 N–H and O–H groups in total. The van der Waals surface area contributed by atoms with Gasteiger partial charge in [0.05, 0.1) is 6.04 Å². The van der Waals surface area contributed by atoms with Crippen LogP contribution in [0.15, 0.2) is 21.4 Å².